The third-order valence-electron chi connectivity index (χ3n) is 5.54. The van der Waals surface area contributed by atoms with Gasteiger partial charge in [-0.25, -0.2) is 0 Å². The minimum atomic E-state index is -0.722. The Balaban J connectivity index is 1.60. The molecule has 1 aromatic carbocycles. The van der Waals surface area contributed by atoms with E-state index in [9.17, 15) is 9.59 Å². The van der Waals surface area contributed by atoms with Crippen LogP contribution in [0.1, 0.15) is 49.7 Å². The van der Waals surface area contributed by atoms with Gasteiger partial charge < -0.3 is 21.3 Å². The number of nitrogens with zero attached hydrogens (tertiary/aromatic N) is 3. The number of aryl methyl sites for hydroxylation is 1. The number of carbonyl (C=O) groups excluding carboxylic acids is 2. The minimum absolute atomic E-state index is 0.0164. The normalized spacial score (nSPS) is 18.7. The van der Waals surface area contributed by atoms with Gasteiger partial charge in [-0.2, -0.15) is 9.97 Å². The van der Waals surface area contributed by atoms with Gasteiger partial charge in [0, 0.05) is 25.2 Å². The zero-order valence-electron chi connectivity index (χ0n) is 16.6. The molecule has 4 rings (SSSR count). The minimum Gasteiger partial charge on any atom is -0.383 e. The third kappa shape index (κ3) is 4.01. The molecular weight excluding hydrogens is 368 g/mol. The summed E-state index contributed by atoms with van der Waals surface area (Å²) in [5.74, 6) is -0.154. The molecule has 0 unspecified atom stereocenters. The van der Waals surface area contributed by atoms with Crippen LogP contribution in [-0.4, -0.2) is 34.9 Å². The summed E-state index contributed by atoms with van der Waals surface area (Å²) in [5, 5.41) is 5.66. The maximum absolute atomic E-state index is 13.0. The van der Waals surface area contributed by atoms with E-state index in [0.29, 0.717) is 23.0 Å². The molecule has 152 valence electrons. The fraction of sp³-hybridized carbons (Fsp3) is 0.429. The van der Waals surface area contributed by atoms with Crippen molar-refractivity contribution >= 4 is 35.1 Å². The first-order valence-corrected chi connectivity index (χ1v) is 10.2. The molecule has 0 spiro atoms. The number of nitrogen functional groups attached to an aromatic ring is 1. The van der Waals surface area contributed by atoms with Crippen LogP contribution in [0.25, 0.3) is 0 Å². The zero-order valence-corrected chi connectivity index (χ0v) is 16.6. The first-order valence-electron chi connectivity index (χ1n) is 10.2. The fourth-order valence-electron chi connectivity index (χ4n) is 3.90. The molecule has 1 aromatic heterocycles. The van der Waals surface area contributed by atoms with Crippen molar-refractivity contribution in [1.82, 2.24) is 9.97 Å². The number of nitrogens with one attached hydrogen (secondary N) is 2. The van der Waals surface area contributed by atoms with Crippen LogP contribution in [0.2, 0.25) is 0 Å². The Morgan fingerprint density at radius 1 is 1.21 bits per heavy atom. The second-order valence-electron chi connectivity index (χ2n) is 7.56. The molecule has 4 N–H and O–H groups in total. The van der Waals surface area contributed by atoms with Crippen LogP contribution in [0.15, 0.2) is 24.3 Å². The molecule has 3 heterocycles. The monoisotopic (exact) mass is 394 g/mol. The number of aromatic nitrogens is 2. The summed E-state index contributed by atoms with van der Waals surface area (Å²) in [6.07, 6.45) is 4.29. The summed E-state index contributed by atoms with van der Waals surface area (Å²) in [4.78, 5) is 36.3. The number of piperidine rings is 1. The van der Waals surface area contributed by atoms with Crippen molar-refractivity contribution in [3.63, 3.8) is 0 Å². The Morgan fingerprint density at radius 2 is 1.93 bits per heavy atom. The summed E-state index contributed by atoms with van der Waals surface area (Å²) < 4.78 is 0. The van der Waals surface area contributed by atoms with E-state index in [1.807, 2.05) is 24.3 Å². The molecule has 2 aromatic rings. The third-order valence-corrected chi connectivity index (χ3v) is 5.54. The lowest BCUT2D eigenvalue weighted by atomic mass is 9.91. The average Bonchev–Trinajstić information content (AvgIpc) is 2.74. The topological polar surface area (TPSA) is 113 Å². The van der Waals surface area contributed by atoms with Crippen molar-refractivity contribution in [2.24, 2.45) is 0 Å². The van der Waals surface area contributed by atoms with Crippen molar-refractivity contribution in [3.05, 3.63) is 35.4 Å². The first-order chi connectivity index (χ1) is 14.0. The number of hydrogen-bond acceptors (Lipinski definition) is 6. The molecule has 8 nitrogen and oxygen atoms in total. The smallest absolute Gasteiger partial charge is 0.232 e. The quantitative estimate of drug-likeness (QED) is 0.735. The average molecular weight is 394 g/mol. The van der Waals surface area contributed by atoms with E-state index < -0.39 is 5.92 Å². The molecule has 8 heteroatoms. The van der Waals surface area contributed by atoms with Gasteiger partial charge in [-0.05, 0) is 43.4 Å². The fourth-order valence-corrected chi connectivity index (χ4v) is 3.90. The van der Waals surface area contributed by atoms with Crippen molar-refractivity contribution in [2.75, 3.05) is 34.4 Å². The molecule has 0 aliphatic carbocycles. The van der Waals surface area contributed by atoms with Gasteiger partial charge in [-0.1, -0.05) is 19.1 Å². The van der Waals surface area contributed by atoms with Gasteiger partial charge in [0.25, 0.3) is 0 Å². The molecular formula is C21H26N6O2. The molecule has 1 atom stereocenters. The summed E-state index contributed by atoms with van der Waals surface area (Å²) in [5.41, 5.74) is 8.61. The van der Waals surface area contributed by atoms with E-state index in [0.717, 1.165) is 32.4 Å². The van der Waals surface area contributed by atoms with E-state index in [2.05, 4.69) is 32.4 Å². The van der Waals surface area contributed by atoms with Crippen molar-refractivity contribution in [3.8, 4) is 0 Å². The summed E-state index contributed by atoms with van der Waals surface area (Å²) >= 11 is 0. The number of nitrogens with two attached hydrogens (primary N) is 1. The molecule has 0 saturated carbocycles. The van der Waals surface area contributed by atoms with Crippen LogP contribution in [0, 0.1) is 0 Å². The molecule has 2 aliphatic heterocycles. The van der Waals surface area contributed by atoms with Crippen molar-refractivity contribution < 1.29 is 9.59 Å². The van der Waals surface area contributed by atoms with Gasteiger partial charge in [0.2, 0.25) is 17.8 Å². The molecule has 1 saturated heterocycles. The van der Waals surface area contributed by atoms with Gasteiger partial charge in [-0.15, -0.1) is 0 Å². The highest BCUT2D eigenvalue weighted by Gasteiger charge is 2.35. The Hall–Kier alpha value is -3.16. The van der Waals surface area contributed by atoms with Gasteiger partial charge >= 0.3 is 0 Å². The molecule has 1 fully saturated rings. The highest BCUT2D eigenvalue weighted by molar-refractivity contribution is 6.05. The predicted molar refractivity (Wildman–Crippen MR) is 113 cm³/mol. The summed E-state index contributed by atoms with van der Waals surface area (Å²) in [6.45, 7) is 3.81. The second-order valence-corrected chi connectivity index (χ2v) is 7.56. The van der Waals surface area contributed by atoms with E-state index in [-0.39, 0.29) is 24.1 Å². The Bertz CT molecular complexity index is 922. The first kappa shape index (κ1) is 19.2. The number of carbonyl (C=O) groups is 2. The zero-order chi connectivity index (χ0) is 20.4. The van der Waals surface area contributed by atoms with Crippen molar-refractivity contribution in [1.29, 1.82) is 0 Å². The number of amides is 2. The molecule has 29 heavy (non-hydrogen) atoms. The van der Waals surface area contributed by atoms with Crippen LogP contribution in [-0.2, 0) is 16.0 Å². The lowest BCUT2D eigenvalue weighted by molar-refractivity contribution is -0.123. The number of hydrogen-bond donors (Lipinski definition) is 3. The van der Waals surface area contributed by atoms with Crippen molar-refractivity contribution in [2.45, 2.75) is 44.9 Å². The number of benzene rings is 1. The van der Waals surface area contributed by atoms with Crippen LogP contribution in [0.4, 0.5) is 23.3 Å². The maximum atomic E-state index is 13.0. The Kier molecular flexibility index (Phi) is 5.33. The maximum Gasteiger partial charge on any atom is 0.232 e. The van der Waals surface area contributed by atoms with Crippen LogP contribution < -0.4 is 21.3 Å². The van der Waals surface area contributed by atoms with Gasteiger partial charge in [0.1, 0.15) is 11.6 Å². The van der Waals surface area contributed by atoms with Crippen LogP contribution in [0.5, 0.6) is 0 Å². The summed E-state index contributed by atoms with van der Waals surface area (Å²) in [7, 11) is 0. The second kappa shape index (κ2) is 8.06. The Morgan fingerprint density at radius 3 is 2.62 bits per heavy atom. The van der Waals surface area contributed by atoms with Gasteiger partial charge in [0.15, 0.2) is 0 Å². The Labute approximate surface area is 169 Å². The largest absolute Gasteiger partial charge is 0.383 e. The number of rotatable bonds is 4. The molecule has 0 bridgehead atoms. The highest BCUT2D eigenvalue weighted by atomic mass is 16.2. The van der Waals surface area contributed by atoms with E-state index in [4.69, 9.17) is 5.73 Å². The van der Waals surface area contributed by atoms with Gasteiger partial charge in [0.05, 0.1) is 11.5 Å². The highest BCUT2D eigenvalue weighted by Crippen LogP contribution is 2.36. The standard InChI is InChI=1S/C21H26N6O2/c1-2-13-6-8-14(9-7-13)23-20(29)15-12-16(28)24-19-17(15)18(22)25-21(26-19)27-10-4-3-5-11-27/h6-9,15H,2-5,10-12H2,1H3,(H,23,29)(H3,22,24,25,26,28)/t15-/m0/s1. The number of anilines is 4. The lowest BCUT2D eigenvalue weighted by Crippen LogP contribution is -2.35. The van der Waals surface area contributed by atoms with E-state index in [1.165, 1.54) is 12.0 Å². The van der Waals surface area contributed by atoms with E-state index >= 15 is 0 Å². The molecule has 0 radical (unpaired) electrons. The van der Waals surface area contributed by atoms with Crippen LogP contribution >= 0.6 is 0 Å². The number of fused-ring (bicyclic) bond motifs is 1. The van der Waals surface area contributed by atoms with Gasteiger partial charge in [-0.3, -0.25) is 9.59 Å². The SMILES string of the molecule is CCc1ccc(NC(=O)[C@H]2CC(=O)Nc3nc(N4CCCCC4)nc(N)c32)cc1. The summed E-state index contributed by atoms with van der Waals surface area (Å²) in [6, 6.07) is 7.67. The van der Waals surface area contributed by atoms with Crippen LogP contribution in [0.3, 0.4) is 0 Å². The predicted octanol–water partition coefficient (Wildman–Crippen LogP) is 2.68. The molecule has 2 amide bonds. The molecule has 2 aliphatic rings. The lowest BCUT2D eigenvalue weighted by Gasteiger charge is -2.30. The van der Waals surface area contributed by atoms with E-state index in [1.54, 1.807) is 0 Å².